The third-order valence-electron chi connectivity index (χ3n) is 9.46. The van der Waals surface area contributed by atoms with Crippen LogP contribution in [0.1, 0.15) is 50.7 Å². The summed E-state index contributed by atoms with van der Waals surface area (Å²) < 4.78 is 0. The lowest BCUT2D eigenvalue weighted by molar-refractivity contribution is -0.144. The third kappa shape index (κ3) is 14.6. The van der Waals surface area contributed by atoms with Crippen molar-refractivity contribution in [3.05, 3.63) is 65.7 Å². The lowest BCUT2D eigenvalue weighted by Gasteiger charge is -2.31. The zero-order chi connectivity index (χ0) is 43.8. The van der Waals surface area contributed by atoms with Crippen LogP contribution in [0.25, 0.3) is 0 Å². The minimum atomic E-state index is -1.74. The van der Waals surface area contributed by atoms with Gasteiger partial charge in [-0.3, -0.25) is 33.6 Å². The number of benzene rings is 2. The first-order valence-corrected chi connectivity index (χ1v) is 19.1. The Kier molecular flexibility index (Phi) is 18.2. The van der Waals surface area contributed by atoms with Crippen molar-refractivity contribution in [3.63, 3.8) is 0 Å². The molecule has 0 unspecified atom stereocenters. The number of primary amides is 1. The topological polar surface area (TPSA) is 333 Å². The van der Waals surface area contributed by atoms with Gasteiger partial charge in [0.1, 0.15) is 42.0 Å². The molecule has 1 fully saturated rings. The van der Waals surface area contributed by atoms with Crippen LogP contribution in [-0.4, -0.2) is 135 Å². The van der Waals surface area contributed by atoms with E-state index in [4.69, 9.17) is 11.5 Å². The van der Waals surface area contributed by atoms with Crippen molar-refractivity contribution >= 4 is 47.3 Å². The molecular weight excluding hydrogens is 772 g/mol. The number of aliphatic hydroxyl groups is 2. The smallest absolute Gasteiger partial charge is 0.328 e. The van der Waals surface area contributed by atoms with E-state index >= 15 is 0 Å². The number of carbonyl (C=O) groups is 8. The molecule has 7 atom stereocenters. The summed E-state index contributed by atoms with van der Waals surface area (Å²) >= 11 is 0. The molecule has 1 aliphatic heterocycles. The van der Waals surface area contributed by atoms with Crippen LogP contribution in [0.3, 0.4) is 0 Å². The highest BCUT2D eigenvalue weighted by molar-refractivity contribution is 5.98. The molecule has 2 aromatic rings. The maximum atomic E-state index is 14.3. The molecule has 20 heteroatoms. The second-order valence-corrected chi connectivity index (χ2v) is 14.7. The van der Waals surface area contributed by atoms with Gasteiger partial charge in [-0.1, -0.05) is 56.3 Å². The lowest BCUT2D eigenvalue weighted by Crippen LogP contribution is -2.60. The van der Waals surface area contributed by atoms with E-state index in [1.807, 2.05) is 5.32 Å². The Bertz CT molecular complexity index is 1800. The zero-order valence-electron chi connectivity index (χ0n) is 32.8. The quantitative estimate of drug-likeness (QED) is 0.0562. The first kappa shape index (κ1) is 47.3. The number of hydrogen-bond acceptors (Lipinski definition) is 12. The molecule has 322 valence electrons. The number of rotatable bonds is 22. The number of carboxylic acids is 1. The van der Waals surface area contributed by atoms with Crippen molar-refractivity contribution in [3.8, 4) is 5.75 Å². The Morgan fingerprint density at radius 1 is 0.712 bits per heavy atom. The number of aliphatic hydroxyl groups excluding tert-OH is 2. The molecule has 0 aromatic heterocycles. The van der Waals surface area contributed by atoms with Crippen molar-refractivity contribution in [2.45, 2.75) is 94.7 Å². The maximum absolute atomic E-state index is 14.3. The number of nitrogens with zero attached hydrogens (tertiary/aromatic N) is 1. The third-order valence-corrected chi connectivity index (χ3v) is 9.46. The Labute approximate surface area is 340 Å². The number of phenolic OH excluding ortho intramolecular Hbond substituents is 1. The molecule has 0 radical (unpaired) electrons. The SMILES string of the molecule is CC(C)C[C@H](NC(=O)[C@H](CO)NC(=O)[C@@H](N)Cc1ccc(O)cc1)C(=O)N[C@@H](Cc1ccccc1)C(=O)N1CCC[C@H]1C(=O)N[C@@H](CC(N)=O)C(=O)N[C@@H](CO)C(=O)O. The van der Waals surface area contributed by atoms with Gasteiger partial charge in [0.15, 0.2) is 0 Å². The van der Waals surface area contributed by atoms with Gasteiger partial charge in [-0.25, -0.2) is 4.79 Å². The fourth-order valence-corrected chi connectivity index (χ4v) is 6.39. The molecule has 1 saturated heterocycles. The Balaban J connectivity index is 1.80. The molecule has 0 saturated carbocycles. The van der Waals surface area contributed by atoms with Gasteiger partial charge >= 0.3 is 5.97 Å². The summed E-state index contributed by atoms with van der Waals surface area (Å²) in [5.74, 6) is -7.80. The predicted octanol–water partition coefficient (Wildman–Crippen LogP) is -3.09. The normalized spacial score (nSPS) is 16.7. The summed E-state index contributed by atoms with van der Waals surface area (Å²) in [5, 5.41) is 50.2. The molecule has 3 rings (SSSR count). The van der Waals surface area contributed by atoms with E-state index in [9.17, 15) is 58.8 Å². The number of nitrogens with one attached hydrogen (secondary N) is 5. The first-order valence-electron chi connectivity index (χ1n) is 19.1. The molecular formula is C39H54N8O12. The second-order valence-electron chi connectivity index (χ2n) is 14.7. The summed E-state index contributed by atoms with van der Waals surface area (Å²) in [5.41, 5.74) is 12.6. The van der Waals surface area contributed by atoms with E-state index in [1.165, 1.54) is 17.0 Å². The van der Waals surface area contributed by atoms with Gasteiger partial charge in [-0.2, -0.15) is 0 Å². The number of likely N-dealkylation sites (tertiary alicyclic amines) is 1. The molecule has 1 heterocycles. The van der Waals surface area contributed by atoms with Crippen LogP contribution in [0.2, 0.25) is 0 Å². The van der Waals surface area contributed by atoms with Crippen molar-refractivity contribution < 1.29 is 58.8 Å². The number of amides is 7. The van der Waals surface area contributed by atoms with Gasteiger partial charge in [0, 0.05) is 13.0 Å². The zero-order valence-corrected chi connectivity index (χ0v) is 32.8. The summed E-state index contributed by atoms with van der Waals surface area (Å²) in [7, 11) is 0. The maximum Gasteiger partial charge on any atom is 0.328 e. The summed E-state index contributed by atoms with van der Waals surface area (Å²) in [6.45, 7) is 1.83. The number of nitrogens with two attached hydrogens (primary N) is 2. The van der Waals surface area contributed by atoms with Crippen LogP contribution in [0.15, 0.2) is 54.6 Å². The molecule has 0 spiro atoms. The van der Waals surface area contributed by atoms with Gasteiger partial charge in [0.25, 0.3) is 0 Å². The van der Waals surface area contributed by atoms with E-state index in [0.717, 1.165) is 0 Å². The number of aromatic hydroxyl groups is 1. The second kappa shape index (κ2) is 22.7. The van der Waals surface area contributed by atoms with Crippen LogP contribution >= 0.6 is 0 Å². The molecule has 1 aliphatic rings. The van der Waals surface area contributed by atoms with Crippen LogP contribution in [-0.2, 0) is 51.2 Å². The first-order chi connectivity index (χ1) is 27.9. The van der Waals surface area contributed by atoms with Crippen molar-refractivity contribution in [2.75, 3.05) is 19.8 Å². The van der Waals surface area contributed by atoms with Crippen molar-refractivity contribution in [1.29, 1.82) is 0 Å². The van der Waals surface area contributed by atoms with E-state index < -0.39 is 109 Å². The standard InChI is InChI=1S/C39H54N8O12/c1-21(2)15-26(42-36(55)29(19-48)45-33(52)25(40)16-23-10-12-24(50)13-11-23)34(53)44-28(17-22-7-4-3-5-8-22)38(57)47-14-6-9-31(47)37(56)43-27(18-32(41)51)35(54)46-30(20-49)39(58)59/h3-5,7-8,10-13,21,25-31,48-50H,6,9,14-20,40H2,1-2H3,(H2,41,51)(H,42,55)(H,43,56)(H,44,53)(H,45,52)(H,46,54)(H,58,59)/t25-,26-,27-,28-,29-,30-,31-/m0/s1. The van der Waals surface area contributed by atoms with E-state index in [2.05, 4.69) is 21.3 Å². The van der Waals surface area contributed by atoms with E-state index in [1.54, 1.807) is 56.3 Å². The fraction of sp³-hybridized carbons (Fsp3) is 0.487. The molecule has 13 N–H and O–H groups in total. The van der Waals surface area contributed by atoms with E-state index in [-0.39, 0.29) is 43.9 Å². The summed E-state index contributed by atoms with van der Waals surface area (Å²) in [6, 6.07) is 4.91. The fourth-order valence-electron chi connectivity index (χ4n) is 6.39. The Morgan fingerprint density at radius 2 is 1.25 bits per heavy atom. The van der Waals surface area contributed by atoms with E-state index in [0.29, 0.717) is 17.5 Å². The highest BCUT2D eigenvalue weighted by Crippen LogP contribution is 2.21. The highest BCUT2D eigenvalue weighted by Gasteiger charge is 2.40. The molecule has 2 aromatic carbocycles. The Morgan fingerprint density at radius 3 is 1.83 bits per heavy atom. The molecule has 0 bridgehead atoms. The number of carboxylic acid groups (broad SMARTS) is 1. The average molecular weight is 827 g/mol. The molecule has 0 aliphatic carbocycles. The van der Waals surface area contributed by atoms with Crippen molar-refractivity contribution in [1.82, 2.24) is 31.5 Å². The van der Waals surface area contributed by atoms with Crippen LogP contribution in [0, 0.1) is 5.92 Å². The van der Waals surface area contributed by atoms with Crippen LogP contribution in [0.5, 0.6) is 5.75 Å². The minimum absolute atomic E-state index is 0.0252. The van der Waals surface area contributed by atoms with Gasteiger partial charge in [0.05, 0.1) is 25.7 Å². The van der Waals surface area contributed by atoms with Gasteiger partial charge < -0.3 is 63.4 Å². The average Bonchev–Trinajstić information content (AvgIpc) is 3.69. The number of aliphatic carboxylic acids is 1. The number of phenols is 1. The monoisotopic (exact) mass is 826 g/mol. The summed E-state index contributed by atoms with van der Waals surface area (Å²) in [6.07, 6.45) is -0.166. The Hall–Kier alpha value is -6.12. The lowest BCUT2D eigenvalue weighted by atomic mass is 10.00. The van der Waals surface area contributed by atoms with Crippen LogP contribution < -0.4 is 38.1 Å². The molecule has 7 amide bonds. The van der Waals surface area contributed by atoms with Gasteiger partial charge in [0.2, 0.25) is 41.4 Å². The summed E-state index contributed by atoms with van der Waals surface area (Å²) in [4.78, 5) is 105. The van der Waals surface area contributed by atoms with Crippen molar-refractivity contribution in [2.24, 2.45) is 17.4 Å². The predicted molar refractivity (Wildman–Crippen MR) is 209 cm³/mol. The van der Waals surface area contributed by atoms with Crippen LogP contribution in [0.4, 0.5) is 0 Å². The van der Waals surface area contributed by atoms with Gasteiger partial charge in [-0.15, -0.1) is 0 Å². The van der Waals surface area contributed by atoms with Gasteiger partial charge in [-0.05, 0) is 54.9 Å². The highest BCUT2D eigenvalue weighted by atomic mass is 16.4. The number of carbonyl (C=O) groups excluding carboxylic acids is 7. The number of hydrogen-bond donors (Lipinski definition) is 11. The molecule has 59 heavy (non-hydrogen) atoms. The largest absolute Gasteiger partial charge is 0.508 e. The minimum Gasteiger partial charge on any atom is -0.508 e. The molecule has 20 nitrogen and oxygen atoms in total.